The van der Waals surface area contributed by atoms with Crippen LogP contribution in [0, 0.1) is 22.0 Å². The van der Waals surface area contributed by atoms with Crippen LogP contribution in [-0.2, 0) is 16.5 Å². The van der Waals surface area contributed by atoms with Gasteiger partial charge in [-0.05, 0) is 34.9 Å². The van der Waals surface area contributed by atoms with Gasteiger partial charge in [0.1, 0.15) is 17.0 Å². The van der Waals surface area contributed by atoms with Gasteiger partial charge in [-0.1, -0.05) is 5.92 Å². The molecular weight excluding hydrogens is 350 g/mol. The van der Waals surface area contributed by atoms with E-state index in [2.05, 4.69) is 21.9 Å². The van der Waals surface area contributed by atoms with Gasteiger partial charge in [0.05, 0.1) is 31.4 Å². The lowest BCUT2D eigenvalue weighted by atomic mass is 9.90. The highest BCUT2D eigenvalue weighted by molar-refractivity contribution is 5.64. The Balaban J connectivity index is 1.69. The Morgan fingerprint density at radius 2 is 2.22 bits per heavy atom. The molecule has 2 aliphatic rings. The van der Waals surface area contributed by atoms with Gasteiger partial charge >= 0.3 is 5.82 Å². The summed E-state index contributed by atoms with van der Waals surface area (Å²) in [6.45, 7) is 4.00. The molecule has 2 aliphatic heterocycles. The van der Waals surface area contributed by atoms with Gasteiger partial charge in [-0.3, -0.25) is 4.68 Å². The van der Waals surface area contributed by atoms with Gasteiger partial charge in [-0.25, -0.2) is 0 Å². The van der Waals surface area contributed by atoms with Crippen molar-refractivity contribution >= 4 is 11.5 Å². The summed E-state index contributed by atoms with van der Waals surface area (Å²) < 4.78 is 12.9. The van der Waals surface area contributed by atoms with Crippen molar-refractivity contribution < 1.29 is 14.4 Å². The first-order valence-electron chi connectivity index (χ1n) is 8.63. The summed E-state index contributed by atoms with van der Waals surface area (Å²) in [4.78, 5) is 17.1. The largest absolute Gasteiger partial charge is 0.387 e. The second kappa shape index (κ2) is 6.64. The number of aryl methyl sites for hydroxylation is 1. The Morgan fingerprint density at radius 3 is 2.85 bits per heavy atom. The fraction of sp³-hybridized carbons (Fsp3) is 0.444. The minimum absolute atomic E-state index is 0.0699. The van der Waals surface area contributed by atoms with Crippen LogP contribution in [0.3, 0.4) is 0 Å². The molecule has 2 fully saturated rings. The van der Waals surface area contributed by atoms with Crippen LogP contribution < -0.4 is 4.90 Å². The van der Waals surface area contributed by atoms with E-state index in [4.69, 9.17) is 9.47 Å². The normalized spacial score (nSPS) is 20.7. The van der Waals surface area contributed by atoms with E-state index >= 15 is 0 Å². The average Bonchev–Trinajstić information content (AvgIpc) is 3.04. The molecular formula is C18H19N5O4. The highest BCUT2D eigenvalue weighted by Crippen LogP contribution is 2.37. The smallest absolute Gasteiger partial charge is 0.375 e. The van der Waals surface area contributed by atoms with Gasteiger partial charge in [-0.2, -0.15) is 5.10 Å². The zero-order valence-electron chi connectivity index (χ0n) is 15.1. The quantitative estimate of drug-likeness (QED) is 0.445. The molecule has 0 N–H and O–H groups in total. The summed E-state index contributed by atoms with van der Waals surface area (Å²) in [6.07, 6.45) is 3.23. The minimum Gasteiger partial charge on any atom is -0.375 e. The SMILES string of the molecule is C[C@@H]1N(c2cc(C#Cc3ccn(C)n3)cnc2[N+](=O)[O-])CCOC12COC2. The molecule has 0 saturated carbocycles. The Labute approximate surface area is 156 Å². The average molecular weight is 369 g/mol. The van der Waals surface area contributed by atoms with Gasteiger partial charge in [0, 0.05) is 19.8 Å². The van der Waals surface area contributed by atoms with Gasteiger partial charge in [0.15, 0.2) is 6.20 Å². The van der Waals surface area contributed by atoms with Crippen LogP contribution in [0.2, 0.25) is 0 Å². The zero-order valence-corrected chi connectivity index (χ0v) is 15.1. The Kier molecular flexibility index (Phi) is 4.30. The fourth-order valence-electron chi connectivity index (χ4n) is 3.39. The third kappa shape index (κ3) is 3.13. The number of anilines is 1. The van der Waals surface area contributed by atoms with E-state index in [1.807, 2.05) is 18.9 Å². The molecule has 4 rings (SSSR count). The van der Waals surface area contributed by atoms with Crippen molar-refractivity contribution in [3.05, 3.63) is 45.9 Å². The number of aromatic nitrogens is 3. The van der Waals surface area contributed by atoms with Crippen molar-refractivity contribution in [3.8, 4) is 11.8 Å². The molecule has 0 bridgehead atoms. The third-order valence-electron chi connectivity index (χ3n) is 5.02. The first kappa shape index (κ1) is 17.5. The molecule has 0 radical (unpaired) electrons. The molecule has 4 heterocycles. The molecule has 0 amide bonds. The van der Waals surface area contributed by atoms with Crippen molar-refractivity contribution in [2.24, 2.45) is 7.05 Å². The molecule has 1 atom stereocenters. The van der Waals surface area contributed by atoms with Gasteiger partial charge < -0.3 is 24.5 Å². The maximum atomic E-state index is 11.5. The lowest BCUT2D eigenvalue weighted by Gasteiger charge is -2.53. The number of hydrogen-bond acceptors (Lipinski definition) is 7. The molecule has 27 heavy (non-hydrogen) atoms. The number of pyridine rings is 1. The molecule has 9 heteroatoms. The molecule has 0 aliphatic carbocycles. The minimum atomic E-state index is -0.461. The van der Waals surface area contributed by atoms with E-state index in [9.17, 15) is 10.1 Å². The highest BCUT2D eigenvalue weighted by atomic mass is 16.6. The van der Waals surface area contributed by atoms with Crippen LogP contribution in [0.15, 0.2) is 24.5 Å². The van der Waals surface area contributed by atoms with Gasteiger partial charge in [0.25, 0.3) is 0 Å². The van der Waals surface area contributed by atoms with Crippen LogP contribution in [0.25, 0.3) is 0 Å². The van der Waals surface area contributed by atoms with Crippen LogP contribution in [0.4, 0.5) is 11.5 Å². The predicted octanol–water partition coefficient (Wildman–Crippen LogP) is 1.12. The lowest BCUT2D eigenvalue weighted by Crippen LogP contribution is -2.68. The molecule has 140 valence electrons. The van der Waals surface area contributed by atoms with Gasteiger partial charge in [0.2, 0.25) is 0 Å². The molecule has 2 aromatic heterocycles. The predicted molar refractivity (Wildman–Crippen MR) is 96.4 cm³/mol. The lowest BCUT2D eigenvalue weighted by molar-refractivity contribution is -0.388. The summed E-state index contributed by atoms with van der Waals surface area (Å²) in [7, 11) is 1.82. The topological polar surface area (TPSA) is 95.6 Å². The van der Waals surface area contributed by atoms with Crippen molar-refractivity contribution in [2.45, 2.75) is 18.6 Å². The fourth-order valence-corrected chi connectivity index (χ4v) is 3.39. The first-order valence-corrected chi connectivity index (χ1v) is 8.63. The van der Waals surface area contributed by atoms with Crippen molar-refractivity contribution in [3.63, 3.8) is 0 Å². The van der Waals surface area contributed by atoms with Crippen molar-refractivity contribution in [2.75, 3.05) is 31.3 Å². The molecule has 0 aromatic carbocycles. The molecule has 9 nitrogen and oxygen atoms in total. The second-order valence-electron chi connectivity index (χ2n) is 6.72. The first-order chi connectivity index (χ1) is 13.0. The number of hydrogen-bond donors (Lipinski definition) is 0. The summed E-state index contributed by atoms with van der Waals surface area (Å²) in [5, 5.41) is 15.7. The molecule has 2 saturated heterocycles. The Bertz CT molecular complexity index is 941. The second-order valence-corrected chi connectivity index (χ2v) is 6.72. The highest BCUT2D eigenvalue weighted by Gasteiger charge is 2.50. The van der Waals surface area contributed by atoms with Crippen molar-refractivity contribution in [1.82, 2.24) is 14.8 Å². The van der Waals surface area contributed by atoms with Crippen LogP contribution in [0.1, 0.15) is 18.2 Å². The van der Waals surface area contributed by atoms with Gasteiger partial charge in [-0.15, -0.1) is 0 Å². The van der Waals surface area contributed by atoms with Crippen LogP contribution >= 0.6 is 0 Å². The molecule has 1 spiro atoms. The number of ether oxygens (including phenoxy) is 2. The number of rotatable bonds is 2. The standard InChI is InChI=1S/C18H19N5O4/c1-13-18(11-26-12-18)27-8-7-22(13)16-9-14(10-19-17(16)23(24)25)3-4-15-5-6-21(2)20-15/h5-6,9-10,13H,7-8,11-12H2,1-2H3/t13-/m0/s1. The Morgan fingerprint density at radius 1 is 1.41 bits per heavy atom. The number of morpholine rings is 1. The van der Waals surface area contributed by atoms with E-state index in [1.165, 1.54) is 6.20 Å². The van der Waals surface area contributed by atoms with E-state index in [1.54, 1.807) is 23.0 Å². The van der Waals surface area contributed by atoms with E-state index in [-0.39, 0.29) is 11.9 Å². The third-order valence-corrected chi connectivity index (χ3v) is 5.02. The summed E-state index contributed by atoms with van der Waals surface area (Å²) in [5.74, 6) is 5.77. The van der Waals surface area contributed by atoms with Crippen LogP contribution in [-0.4, -0.2) is 57.7 Å². The van der Waals surface area contributed by atoms with E-state index in [0.717, 1.165) is 0 Å². The van der Waals surface area contributed by atoms with E-state index in [0.29, 0.717) is 43.3 Å². The summed E-state index contributed by atoms with van der Waals surface area (Å²) >= 11 is 0. The van der Waals surface area contributed by atoms with Crippen LogP contribution in [0.5, 0.6) is 0 Å². The molecule has 0 unspecified atom stereocenters. The summed E-state index contributed by atoms with van der Waals surface area (Å²) in [5.41, 5.74) is 1.26. The number of nitro groups is 1. The van der Waals surface area contributed by atoms with Crippen molar-refractivity contribution in [1.29, 1.82) is 0 Å². The number of nitrogens with zero attached hydrogens (tertiary/aromatic N) is 5. The zero-order chi connectivity index (χ0) is 19.0. The maximum Gasteiger partial charge on any atom is 0.387 e. The maximum absolute atomic E-state index is 11.5. The Hall–Kier alpha value is -2.96. The monoisotopic (exact) mass is 369 g/mol. The molecule has 2 aromatic rings. The van der Waals surface area contributed by atoms with E-state index < -0.39 is 10.5 Å². The summed E-state index contributed by atoms with van der Waals surface area (Å²) in [6, 6.07) is 3.45.